The average molecular weight is 423 g/mol. The zero-order valence-electron chi connectivity index (χ0n) is 16.0. The van der Waals surface area contributed by atoms with E-state index in [1.807, 2.05) is 62.4 Å². The molecule has 4 nitrogen and oxygen atoms in total. The first-order valence-corrected chi connectivity index (χ1v) is 10.3. The van der Waals surface area contributed by atoms with Gasteiger partial charge in [0.15, 0.2) is 6.61 Å². The molecule has 0 unspecified atom stereocenters. The first-order valence-electron chi connectivity index (χ1n) is 9.15. The Hall–Kier alpha value is -2.89. The van der Waals surface area contributed by atoms with Crippen LogP contribution in [-0.4, -0.2) is 17.5 Å². The van der Waals surface area contributed by atoms with Gasteiger partial charge in [0.05, 0.1) is 15.9 Å². The Labute approximate surface area is 178 Å². The Morgan fingerprint density at radius 3 is 2.76 bits per heavy atom. The van der Waals surface area contributed by atoms with Gasteiger partial charge in [-0.3, -0.25) is 4.79 Å². The van der Waals surface area contributed by atoms with Crippen LogP contribution in [0.1, 0.15) is 11.1 Å². The summed E-state index contributed by atoms with van der Waals surface area (Å²) < 4.78 is 6.80. The molecule has 0 bridgehead atoms. The first kappa shape index (κ1) is 19.4. The number of halogens is 1. The van der Waals surface area contributed by atoms with Gasteiger partial charge < -0.3 is 10.1 Å². The number of carbonyl (C=O) groups is 1. The number of aryl methyl sites for hydroxylation is 1. The van der Waals surface area contributed by atoms with Crippen LogP contribution in [0.3, 0.4) is 0 Å². The largest absolute Gasteiger partial charge is 0.483 e. The van der Waals surface area contributed by atoms with Crippen molar-refractivity contribution >= 4 is 44.7 Å². The SMILES string of the molecule is Cc1cccc(OCC(=O)Nc2ccc(Cl)cc2-c2nc3ccccc3s2)c1C. The summed E-state index contributed by atoms with van der Waals surface area (Å²) in [4.78, 5) is 17.2. The van der Waals surface area contributed by atoms with E-state index in [4.69, 9.17) is 16.3 Å². The van der Waals surface area contributed by atoms with Gasteiger partial charge in [-0.15, -0.1) is 11.3 Å². The number of rotatable bonds is 5. The average Bonchev–Trinajstić information content (AvgIpc) is 3.14. The highest BCUT2D eigenvalue weighted by Gasteiger charge is 2.14. The molecule has 1 N–H and O–H groups in total. The van der Waals surface area contributed by atoms with Crippen molar-refractivity contribution < 1.29 is 9.53 Å². The van der Waals surface area contributed by atoms with E-state index in [-0.39, 0.29) is 12.5 Å². The molecule has 0 fully saturated rings. The lowest BCUT2D eigenvalue weighted by atomic mass is 10.1. The molecule has 0 saturated carbocycles. The maximum absolute atomic E-state index is 12.5. The number of hydrogen-bond acceptors (Lipinski definition) is 4. The molecule has 0 radical (unpaired) electrons. The smallest absolute Gasteiger partial charge is 0.262 e. The summed E-state index contributed by atoms with van der Waals surface area (Å²) >= 11 is 7.78. The molecule has 6 heteroatoms. The molecular formula is C23H19ClN2O2S. The van der Waals surface area contributed by atoms with Gasteiger partial charge in [-0.1, -0.05) is 35.9 Å². The Kier molecular flexibility index (Phi) is 5.51. The maximum atomic E-state index is 12.5. The minimum Gasteiger partial charge on any atom is -0.483 e. The van der Waals surface area contributed by atoms with Crippen molar-refractivity contribution in [3.8, 4) is 16.3 Å². The van der Waals surface area contributed by atoms with Crippen molar-refractivity contribution in [1.82, 2.24) is 4.98 Å². The van der Waals surface area contributed by atoms with Gasteiger partial charge >= 0.3 is 0 Å². The number of nitrogens with one attached hydrogen (secondary N) is 1. The van der Waals surface area contributed by atoms with Crippen LogP contribution in [0.25, 0.3) is 20.8 Å². The predicted molar refractivity (Wildman–Crippen MR) is 120 cm³/mol. The number of ether oxygens (including phenoxy) is 1. The lowest BCUT2D eigenvalue weighted by Crippen LogP contribution is -2.20. The summed E-state index contributed by atoms with van der Waals surface area (Å²) in [5.41, 5.74) is 4.52. The van der Waals surface area contributed by atoms with Crippen LogP contribution in [-0.2, 0) is 4.79 Å². The first-order chi connectivity index (χ1) is 14.0. The van der Waals surface area contributed by atoms with Crippen LogP contribution in [0.4, 0.5) is 5.69 Å². The fourth-order valence-electron chi connectivity index (χ4n) is 3.00. The zero-order valence-corrected chi connectivity index (χ0v) is 17.6. The van der Waals surface area contributed by atoms with Crippen molar-refractivity contribution in [2.75, 3.05) is 11.9 Å². The highest BCUT2D eigenvalue weighted by Crippen LogP contribution is 2.36. The monoisotopic (exact) mass is 422 g/mol. The van der Waals surface area contributed by atoms with E-state index in [0.29, 0.717) is 16.5 Å². The summed E-state index contributed by atoms with van der Waals surface area (Å²) in [6.07, 6.45) is 0. The third-order valence-electron chi connectivity index (χ3n) is 4.69. The summed E-state index contributed by atoms with van der Waals surface area (Å²) in [6, 6.07) is 19.1. The topological polar surface area (TPSA) is 51.2 Å². The molecule has 29 heavy (non-hydrogen) atoms. The summed E-state index contributed by atoms with van der Waals surface area (Å²) in [7, 11) is 0. The van der Waals surface area contributed by atoms with Gasteiger partial charge in [-0.2, -0.15) is 0 Å². The van der Waals surface area contributed by atoms with Crippen LogP contribution >= 0.6 is 22.9 Å². The Morgan fingerprint density at radius 2 is 1.93 bits per heavy atom. The molecule has 1 heterocycles. The minimum atomic E-state index is -0.240. The Bertz CT molecular complexity index is 1170. The second-order valence-electron chi connectivity index (χ2n) is 6.71. The van der Waals surface area contributed by atoms with E-state index in [1.54, 1.807) is 23.5 Å². The third kappa shape index (κ3) is 4.26. The number of fused-ring (bicyclic) bond motifs is 1. The summed E-state index contributed by atoms with van der Waals surface area (Å²) in [6.45, 7) is 3.92. The van der Waals surface area contributed by atoms with Crippen molar-refractivity contribution in [1.29, 1.82) is 0 Å². The van der Waals surface area contributed by atoms with Gasteiger partial charge in [-0.25, -0.2) is 4.98 Å². The number of aromatic nitrogens is 1. The van der Waals surface area contributed by atoms with Gasteiger partial charge in [0, 0.05) is 10.6 Å². The molecular weight excluding hydrogens is 404 g/mol. The molecule has 4 aromatic rings. The van der Waals surface area contributed by atoms with E-state index in [9.17, 15) is 4.79 Å². The standard InChI is InChI=1S/C23H19ClN2O2S/c1-14-6-5-8-20(15(14)2)28-13-22(27)25-18-11-10-16(24)12-17(18)23-26-19-7-3-4-9-21(19)29-23/h3-12H,13H2,1-2H3,(H,25,27). The summed E-state index contributed by atoms with van der Waals surface area (Å²) in [5.74, 6) is 0.471. The fraction of sp³-hybridized carbons (Fsp3) is 0.130. The maximum Gasteiger partial charge on any atom is 0.262 e. The molecule has 3 aromatic carbocycles. The molecule has 0 atom stereocenters. The van der Waals surface area contributed by atoms with Crippen molar-refractivity contribution in [2.45, 2.75) is 13.8 Å². The predicted octanol–water partition coefficient (Wildman–Crippen LogP) is 6.25. The quantitative estimate of drug-likeness (QED) is 0.413. The van der Waals surface area contributed by atoms with E-state index < -0.39 is 0 Å². The molecule has 0 aliphatic rings. The van der Waals surface area contributed by atoms with Gasteiger partial charge in [0.25, 0.3) is 5.91 Å². The number of thiazole rings is 1. The highest BCUT2D eigenvalue weighted by molar-refractivity contribution is 7.21. The fourth-order valence-corrected chi connectivity index (χ4v) is 4.17. The Morgan fingerprint density at radius 1 is 1.10 bits per heavy atom. The molecule has 1 amide bonds. The molecule has 0 spiro atoms. The number of benzene rings is 3. The van der Waals surface area contributed by atoms with Gasteiger partial charge in [0.2, 0.25) is 0 Å². The van der Waals surface area contributed by atoms with E-state index in [2.05, 4.69) is 10.3 Å². The molecule has 0 saturated heterocycles. The van der Waals surface area contributed by atoms with Gasteiger partial charge in [-0.05, 0) is 61.4 Å². The number of nitrogens with zero attached hydrogens (tertiary/aromatic N) is 1. The van der Waals surface area contributed by atoms with E-state index >= 15 is 0 Å². The normalized spacial score (nSPS) is 10.9. The summed E-state index contributed by atoms with van der Waals surface area (Å²) in [5, 5.41) is 4.32. The van der Waals surface area contributed by atoms with E-state index in [1.165, 1.54) is 0 Å². The molecule has 4 rings (SSSR count). The van der Waals surface area contributed by atoms with Crippen LogP contribution in [0.2, 0.25) is 5.02 Å². The zero-order chi connectivity index (χ0) is 20.4. The Balaban J connectivity index is 1.55. The van der Waals surface area contributed by atoms with Crippen LogP contribution < -0.4 is 10.1 Å². The lowest BCUT2D eigenvalue weighted by Gasteiger charge is -2.13. The van der Waals surface area contributed by atoms with Crippen molar-refractivity contribution in [3.63, 3.8) is 0 Å². The lowest BCUT2D eigenvalue weighted by molar-refractivity contribution is -0.118. The molecule has 0 aliphatic carbocycles. The van der Waals surface area contributed by atoms with Crippen LogP contribution in [0.5, 0.6) is 5.75 Å². The number of amides is 1. The second kappa shape index (κ2) is 8.23. The van der Waals surface area contributed by atoms with Gasteiger partial charge in [0.1, 0.15) is 10.8 Å². The molecule has 146 valence electrons. The van der Waals surface area contributed by atoms with Crippen molar-refractivity contribution in [3.05, 3.63) is 76.8 Å². The third-order valence-corrected chi connectivity index (χ3v) is 6.00. The molecule has 1 aromatic heterocycles. The number of hydrogen-bond donors (Lipinski definition) is 1. The number of para-hydroxylation sites is 1. The number of anilines is 1. The van der Waals surface area contributed by atoms with Crippen LogP contribution in [0, 0.1) is 13.8 Å². The minimum absolute atomic E-state index is 0.0772. The van der Waals surface area contributed by atoms with Crippen LogP contribution in [0.15, 0.2) is 60.7 Å². The van der Waals surface area contributed by atoms with Crippen molar-refractivity contribution in [2.24, 2.45) is 0 Å². The van der Waals surface area contributed by atoms with E-state index in [0.717, 1.165) is 31.9 Å². The second-order valence-corrected chi connectivity index (χ2v) is 8.18. The highest BCUT2D eigenvalue weighted by atomic mass is 35.5. The molecule has 0 aliphatic heterocycles. The number of carbonyl (C=O) groups excluding carboxylic acids is 1.